The van der Waals surface area contributed by atoms with E-state index in [4.69, 9.17) is 29.3 Å². The summed E-state index contributed by atoms with van der Waals surface area (Å²) in [5, 5.41) is 14.2. The van der Waals surface area contributed by atoms with E-state index in [-0.39, 0.29) is 11.7 Å². The molecule has 2 fully saturated rings. The van der Waals surface area contributed by atoms with Crippen LogP contribution >= 0.6 is 0 Å². The highest BCUT2D eigenvalue weighted by Crippen LogP contribution is 2.37. The average Bonchev–Trinajstić information content (AvgIpc) is 2.82. The number of carbonyl (C=O) groups is 2. The van der Waals surface area contributed by atoms with Crippen molar-refractivity contribution in [2.75, 3.05) is 24.6 Å². The highest BCUT2D eigenvalue weighted by Gasteiger charge is 2.48. The summed E-state index contributed by atoms with van der Waals surface area (Å²) < 4.78 is 88.4. The number of carboxylic acid groups (broad SMARTS) is 2. The smallest absolute Gasteiger partial charge is 0.475 e. The van der Waals surface area contributed by atoms with Crippen LogP contribution in [0.25, 0.3) is 0 Å². The van der Waals surface area contributed by atoms with Gasteiger partial charge in [-0.05, 0) is 18.1 Å². The predicted molar refractivity (Wildman–Crippen MR) is 112 cm³/mol. The third kappa shape index (κ3) is 9.70. The molecule has 4 heterocycles. The lowest BCUT2D eigenvalue weighted by Gasteiger charge is -2.52. The van der Waals surface area contributed by atoms with Gasteiger partial charge >= 0.3 is 24.3 Å². The Kier molecular flexibility index (Phi) is 10.3. The maximum Gasteiger partial charge on any atom is 0.490 e. The fourth-order valence-electron chi connectivity index (χ4n) is 3.30. The zero-order valence-corrected chi connectivity index (χ0v) is 19.2. The first kappa shape index (κ1) is 30.6. The molecule has 0 saturated carbocycles. The molecule has 2 aromatic rings. The molecule has 2 aliphatic rings. The quantitative estimate of drug-likeness (QED) is 0.539. The molecule has 17 heteroatoms. The van der Waals surface area contributed by atoms with E-state index in [1.54, 1.807) is 6.20 Å². The molecule has 0 bridgehead atoms. The van der Waals surface area contributed by atoms with E-state index in [1.165, 1.54) is 12.4 Å². The van der Waals surface area contributed by atoms with E-state index in [1.807, 2.05) is 23.2 Å². The Balaban J connectivity index is 0.000000301. The number of nitrogens with zero attached hydrogens (tertiary/aromatic N) is 4. The van der Waals surface area contributed by atoms with Crippen LogP contribution in [-0.4, -0.2) is 80.9 Å². The van der Waals surface area contributed by atoms with Crippen molar-refractivity contribution in [3.8, 4) is 0 Å². The van der Waals surface area contributed by atoms with Gasteiger partial charge in [-0.1, -0.05) is 6.07 Å². The summed E-state index contributed by atoms with van der Waals surface area (Å²) in [4.78, 5) is 31.9. The van der Waals surface area contributed by atoms with Crippen LogP contribution in [0.5, 0.6) is 0 Å². The molecule has 0 aliphatic carbocycles. The molecule has 0 radical (unpaired) electrons. The van der Waals surface area contributed by atoms with Crippen molar-refractivity contribution in [1.29, 1.82) is 0 Å². The monoisotopic (exact) mass is 558 g/mol. The minimum atomic E-state index is -5.08. The first-order valence-corrected chi connectivity index (χ1v) is 10.6. The van der Waals surface area contributed by atoms with E-state index < -0.39 is 30.1 Å². The van der Waals surface area contributed by atoms with Crippen molar-refractivity contribution in [1.82, 2.24) is 15.0 Å². The van der Waals surface area contributed by atoms with Crippen LogP contribution in [0, 0.1) is 5.82 Å². The number of hydrogen-bond donors (Lipinski definition) is 2. The second kappa shape index (κ2) is 12.8. The van der Waals surface area contributed by atoms with Crippen molar-refractivity contribution in [3.05, 3.63) is 48.3 Å². The standard InChI is InChI=1S/C17H19FN4O2.2C2HF3O2/c18-14-8-20-16(21-9-14)22-11-17(12-22)6-15(3-5-24-17)23-10-13-2-1-4-19-7-13;2*3-2(4,5)1(6)7/h1-2,4,7-9,15H,3,5-6,10-12H2;2*(H,6,7). The van der Waals surface area contributed by atoms with Crippen LogP contribution in [0.1, 0.15) is 18.4 Å². The Morgan fingerprint density at radius 2 is 1.61 bits per heavy atom. The van der Waals surface area contributed by atoms with Gasteiger partial charge in [0.1, 0.15) is 5.60 Å². The molecule has 1 unspecified atom stereocenters. The molecule has 210 valence electrons. The third-order valence-electron chi connectivity index (χ3n) is 4.99. The van der Waals surface area contributed by atoms with Crippen LogP contribution in [0.15, 0.2) is 36.9 Å². The maximum absolute atomic E-state index is 12.9. The van der Waals surface area contributed by atoms with Gasteiger partial charge in [0.05, 0.1) is 38.2 Å². The van der Waals surface area contributed by atoms with Crippen molar-refractivity contribution in [2.24, 2.45) is 0 Å². The molecule has 4 rings (SSSR count). The molecule has 38 heavy (non-hydrogen) atoms. The largest absolute Gasteiger partial charge is 0.490 e. The number of anilines is 1. The number of rotatable bonds is 4. The van der Waals surface area contributed by atoms with Gasteiger partial charge in [-0.25, -0.2) is 23.9 Å². The normalized spacial score (nSPS) is 18.3. The van der Waals surface area contributed by atoms with E-state index >= 15 is 0 Å². The van der Waals surface area contributed by atoms with Crippen LogP contribution in [-0.2, 0) is 25.7 Å². The van der Waals surface area contributed by atoms with E-state index in [2.05, 4.69) is 15.0 Å². The lowest BCUT2D eigenvalue weighted by Crippen LogP contribution is -2.66. The molecule has 1 atom stereocenters. The second-order valence-corrected chi connectivity index (χ2v) is 7.98. The molecule has 0 amide bonds. The highest BCUT2D eigenvalue weighted by atomic mass is 19.4. The molecule has 0 aromatic carbocycles. The second-order valence-electron chi connectivity index (χ2n) is 7.98. The summed E-state index contributed by atoms with van der Waals surface area (Å²) in [5.41, 5.74) is 0.878. The van der Waals surface area contributed by atoms with Crippen LogP contribution in [0.2, 0.25) is 0 Å². The summed E-state index contributed by atoms with van der Waals surface area (Å²) in [6.45, 7) is 2.69. The maximum atomic E-state index is 12.9. The summed E-state index contributed by atoms with van der Waals surface area (Å²) >= 11 is 0. The Morgan fingerprint density at radius 1 is 1.05 bits per heavy atom. The van der Waals surface area contributed by atoms with Crippen molar-refractivity contribution >= 4 is 17.9 Å². The highest BCUT2D eigenvalue weighted by molar-refractivity contribution is 5.73. The van der Waals surface area contributed by atoms with Crippen LogP contribution in [0.3, 0.4) is 0 Å². The van der Waals surface area contributed by atoms with Gasteiger partial charge in [-0.3, -0.25) is 4.98 Å². The van der Waals surface area contributed by atoms with Gasteiger partial charge in [0, 0.05) is 25.4 Å². The number of carboxylic acids is 2. The van der Waals surface area contributed by atoms with Gasteiger partial charge in [0.15, 0.2) is 5.82 Å². The molecule has 2 saturated heterocycles. The molecule has 1 spiro atoms. The lowest BCUT2D eigenvalue weighted by atomic mass is 9.85. The SMILES string of the molecule is Fc1cnc(N2CC3(CC(OCc4cccnc4)CCO3)C2)nc1.O=C(O)C(F)(F)F.O=C(O)C(F)(F)F. The number of aromatic nitrogens is 3. The van der Waals surface area contributed by atoms with Crippen molar-refractivity contribution in [2.45, 2.75) is 43.5 Å². The first-order chi connectivity index (χ1) is 17.6. The lowest BCUT2D eigenvalue weighted by molar-refractivity contribution is -0.193. The van der Waals surface area contributed by atoms with Gasteiger partial charge in [0.25, 0.3) is 0 Å². The van der Waals surface area contributed by atoms with Crippen LogP contribution in [0.4, 0.5) is 36.7 Å². The molecule has 2 aliphatic heterocycles. The van der Waals surface area contributed by atoms with Gasteiger partial charge in [0.2, 0.25) is 5.95 Å². The zero-order valence-electron chi connectivity index (χ0n) is 19.2. The Bertz CT molecular complexity index is 1020. The number of ether oxygens (including phenoxy) is 2. The van der Waals surface area contributed by atoms with E-state index in [9.17, 15) is 30.7 Å². The summed E-state index contributed by atoms with van der Waals surface area (Å²) in [6, 6.07) is 3.93. The summed E-state index contributed by atoms with van der Waals surface area (Å²) in [7, 11) is 0. The number of pyridine rings is 1. The van der Waals surface area contributed by atoms with E-state index in [0.717, 1.165) is 18.4 Å². The minimum absolute atomic E-state index is 0.176. The number of aliphatic carboxylic acids is 2. The van der Waals surface area contributed by atoms with Gasteiger partial charge in [-0.2, -0.15) is 26.3 Å². The number of hydrogen-bond acceptors (Lipinski definition) is 8. The molecule has 10 nitrogen and oxygen atoms in total. The molecule has 2 aromatic heterocycles. The Morgan fingerprint density at radius 3 is 2.08 bits per heavy atom. The predicted octanol–water partition coefficient (Wildman–Crippen LogP) is 3.23. The van der Waals surface area contributed by atoms with Gasteiger partial charge in [-0.15, -0.1) is 0 Å². The fraction of sp³-hybridized carbons (Fsp3) is 0.476. The molecular weight excluding hydrogens is 537 g/mol. The minimum Gasteiger partial charge on any atom is -0.475 e. The van der Waals surface area contributed by atoms with Crippen LogP contribution < -0.4 is 4.90 Å². The first-order valence-electron chi connectivity index (χ1n) is 10.6. The summed E-state index contributed by atoms with van der Waals surface area (Å²) in [5.74, 6) is -5.39. The van der Waals surface area contributed by atoms with Gasteiger partial charge < -0.3 is 24.6 Å². The topological polar surface area (TPSA) is 135 Å². The average molecular weight is 558 g/mol. The third-order valence-corrected chi connectivity index (χ3v) is 4.99. The summed E-state index contributed by atoms with van der Waals surface area (Å²) in [6.07, 6.45) is -2.28. The Hall–Kier alpha value is -3.60. The molecule has 2 N–H and O–H groups in total. The Labute approximate surface area is 210 Å². The number of halogens is 7. The molecular formula is C21H21F7N4O6. The number of alkyl halides is 6. The van der Waals surface area contributed by atoms with Crippen molar-refractivity contribution < 1.29 is 60.0 Å². The van der Waals surface area contributed by atoms with Crippen molar-refractivity contribution in [3.63, 3.8) is 0 Å². The fourth-order valence-corrected chi connectivity index (χ4v) is 3.30. The van der Waals surface area contributed by atoms with E-state index in [0.29, 0.717) is 32.3 Å². The zero-order chi connectivity index (χ0) is 28.6.